The maximum absolute atomic E-state index is 13.2. The maximum atomic E-state index is 13.2. The molecule has 6 nitrogen and oxygen atoms in total. The molecular formula is C25H18FNO5. The lowest BCUT2D eigenvalue weighted by Gasteiger charge is -2.19. The van der Waals surface area contributed by atoms with Crippen LogP contribution in [0.1, 0.15) is 17.0 Å². The highest BCUT2D eigenvalue weighted by Gasteiger charge is 2.44. The zero-order chi connectivity index (χ0) is 22.2. The molecule has 160 valence electrons. The number of carbonyl (C=O) groups excluding carboxylic acids is 1. The molecule has 1 amide bonds. The normalized spacial score (nSPS) is 16.9. The molecule has 0 aliphatic carbocycles. The minimum Gasteiger partial charge on any atom is -0.497 e. The van der Waals surface area contributed by atoms with E-state index in [0.717, 1.165) is 0 Å². The molecule has 1 aromatic heterocycles. The molecule has 0 saturated carbocycles. The van der Waals surface area contributed by atoms with Gasteiger partial charge in [-0.05, 0) is 54.1 Å². The first-order valence-corrected chi connectivity index (χ1v) is 9.98. The van der Waals surface area contributed by atoms with E-state index in [0.29, 0.717) is 33.7 Å². The minimum absolute atomic E-state index is 0.285. The molecule has 5 rings (SSSR count). The van der Waals surface area contributed by atoms with Gasteiger partial charge in [0.25, 0.3) is 5.91 Å². The van der Waals surface area contributed by atoms with E-state index in [1.54, 1.807) is 55.6 Å². The van der Waals surface area contributed by atoms with Crippen molar-refractivity contribution >= 4 is 22.6 Å². The average molecular weight is 431 g/mol. The fraction of sp³-hybridized carbons (Fsp3) is 0.120. The molecule has 1 aliphatic rings. The monoisotopic (exact) mass is 431 g/mol. The van der Waals surface area contributed by atoms with Crippen molar-refractivity contribution in [2.24, 2.45) is 0 Å². The number of anilines is 1. The number of fused-ring (bicyclic) bond motifs is 3. The van der Waals surface area contributed by atoms with Crippen molar-refractivity contribution in [2.75, 3.05) is 12.4 Å². The van der Waals surface area contributed by atoms with Crippen LogP contribution in [0.5, 0.6) is 11.5 Å². The Labute approximate surface area is 182 Å². The molecule has 2 unspecified atom stereocenters. The quantitative estimate of drug-likeness (QED) is 0.483. The van der Waals surface area contributed by atoms with Crippen LogP contribution in [0.4, 0.5) is 10.1 Å². The Hall–Kier alpha value is -4.13. The molecule has 7 heteroatoms. The Morgan fingerprint density at radius 1 is 1.00 bits per heavy atom. The van der Waals surface area contributed by atoms with Crippen LogP contribution in [-0.4, -0.2) is 19.1 Å². The lowest BCUT2D eigenvalue weighted by atomic mass is 9.88. The maximum Gasteiger partial charge on any atom is 0.344 e. The fourth-order valence-corrected chi connectivity index (χ4v) is 3.98. The molecule has 32 heavy (non-hydrogen) atoms. The van der Waals surface area contributed by atoms with Gasteiger partial charge in [-0.15, -0.1) is 0 Å². The third kappa shape index (κ3) is 3.37. The number of para-hydroxylation sites is 1. The first kappa shape index (κ1) is 19.8. The smallest absolute Gasteiger partial charge is 0.344 e. The molecule has 0 saturated heterocycles. The van der Waals surface area contributed by atoms with E-state index < -0.39 is 29.4 Å². The largest absolute Gasteiger partial charge is 0.497 e. The summed E-state index contributed by atoms with van der Waals surface area (Å²) in [7, 11) is 1.56. The number of benzene rings is 3. The number of halogens is 1. The molecule has 1 aliphatic heterocycles. The first-order chi connectivity index (χ1) is 15.5. The highest BCUT2D eigenvalue weighted by Crippen LogP contribution is 2.44. The van der Waals surface area contributed by atoms with E-state index >= 15 is 0 Å². The Morgan fingerprint density at radius 2 is 1.72 bits per heavy atom. The van der Waals surface area contributed by atoms with Crippen LogP contribution in [0.2, 0.25) is 0 Å². The first-order valence-electron chi connectivity index (χ1n) is 9.98. The second-order valence-corrected chi connectivity index (χ2v) is 7.41. The lowest BCUT2D eigenvalue weighted by molar-refractivity contribution is -0.122. The molecule has 0 bridgehead atoms. The third-order valence-electron chi connectivity index (χ3n) is 5.50. The molecule has 0 spiro atoms. The molecule has 0 fully saturated rings. The van der Waals surface area contributed by atoms with Gasteiger partial charge in [-0.3, -0.25) is 4.79 Å². The van der Waals surface area contributed by atoms with Crippen LogP contribution < -0.4 is 20.4 Å². The highest BCUT2D eigenvalue weighted by molar-refractivity contribution is 5.97. The van der Waals surface area contributed by atoms with Crippen molar-refractivity contribution in [1.29, 1.82) is 0 Å². The topological polar surface area (TPSA) is 77.8 Å². The summed E-state index contributed by atoms with van der Waals surface area (Å²) in [5.74, 6) is -0.593. The number of nitrogens with one attached hydrogen (secondary N) is 1. The highest BCUT2D eigenvalue weighted by atomic mass is 19.1. The van der Waals surface area contributed by atoms with Gasteiger partial charge in [-0.25, -0.2) is 9.18 Å². The van der Waals surface area contributed by atoms with Crippen molar-refractivity contribution in [3.8, 4) is 11.5 Å². The summed E-state index contributed by atoms with van der Waals surface area (Å²) in [4.78, 5) is 26.2. The lowest BCUT2D eigenvalue weighted by Crippen LogP contribution is -2.35. The average Bonchev–Trinajstić information content (AvgIpc) is 3.22. The van der Waals surface area contributed by atoms with Crippen molar-refractivity contribution in [3.63, 3.8) is 0 Å². The van der Waals surface area contributed by atoms with Gasteiger partial charge in [0.1, 0.15) is 22.9 Å². The van der Waals surface area contributed by atoms with Crippen LogP contribution in [0.3, 0.4) is 0 Å². The summed E-state index contributed by atoms with van der Waals surface area (Å²) in [5, 5.41) is 3.36. The van der Waals surface area contributed by atoms with Gasteiger partial charge in [0.2, 0.25) is 0 Å². The van der Waals surface area contributed by atoms with Crippen molar-refractivity contribution < 1.29 is 23.1 Å². The molecule has 2 atom stereocenters. The van der Waals surface area contributed by atoms with E-state index in [2.05, 4.69) is 5.32 Å². The number of hydrogen-bond acceptors (Lipinski definition) is 5. The van der Waals surface area contributed by atoms with Crippen molar-refractivity contribution in [2.45, 2.75) is 12.0 Å². The Bertz CT molecular complexity index is 1360. The van der Waals surface area contributed by atoms with Crippen LogP contribution in [0.25, 0.3) is 11.0 Å². The zero-order valence-corrected chi connectivity index (χ0v) is 17.0. The van der Waals surface area contributed by atoms with E-state index in [1.807, 2.05) is 0 Å². The van der Waals surface area contributed by atoms with E-state index in [4.69, 9.17) is 13.9 Å². The van der Waals surface area contributed by atoms with Crippen molar-refractivity contribution in [3.05, 3.63) is 100 Å². The van der Waals surface area contributed by atoms with E-state index in [9.17, 15) is 14.0 Å². The van der Waals surface area contributed by atoms with Gasteiger partial charge in [0, 0.05) is 5.69 Å². The molecule has 1 N–H and O–H groups in total. The molecule has 2 heterocycles. The number of methoxy groups -OCH3 is 1. The van der Waals surface area contributed by atoms with Gasteiger partial charge in [0.05, 0.1) is 24.0 Å². The number of hydrogen-bond donors (Lipinski definition) is 1. The number of rotatable bonds is 4. The van der Waals surface area contributed by atoms with Gasteiger partial charge in [-0.1, -0.05) is 24.3 Å². The fourth-order valence-electron chi connectivity index (χ4n) is 3.98. The Kier molecular flexibility index (Phi) is 4.86. The van der Waals surface area contributed by atoms with Gasteiger partial charge < -0.3 is 19.2 Å². The summed E-state index contributed by atoms with van der Waals surface area (Å²) >= 11 is 0. The van der Waals surface area contributed by atoms with Crippen LogP contribution >= 0.6 is 0 Å². The molecule has 4 aromatic rings. The second-order valence-electron chi connectivity index (χ2n) is 7.41. The van der Waals surface area contributed by atoms with E-state index in [1.165, 1.54) is 24.3 Å². The van der Waals surface area contributed by atoms with Gasteiger partial charge in [-0.2, -0.15) is 0 Å². The van der Waals surface area contributed by atoms with Gasteiger partial charge >= 0.3 is 5.63 Å². The van der Waals surface area contributed by atoms with Crippen LogP contribution in [0, 0.1) is 5.82 Å². The van der Waals surface area contributed by atoms with Gasteiger partial charge in [0.15, 0.2) is 6.10 Å². The summed E-state index contributed by atoms with van der Waals surface area (Å²) in [5.41, 5.74) is 1.22. The minimum atomic E-state index is -1.03. The summed E-state index contributed by atoms with van der Waals surface area (Å²) in [6, 6.07) is 19.5. The SMILES string of the molecule is COc1ccc(C2c3c(c4ccccc4oc3=O)OC2C(=O)Nc2ccc(F)cc2)cc1. The molecule has 0 radical (unpaired) electrons. The Morgan fingerprint density at radius 3 is 2.44 bits per heavy atom. The predicted octanol–water partition coefficient (Wildman–Crippen LogP) is 4.47. The number of amides is 1. The summed E-state index contributed by atoms with van der Waals surface area (Å²) < 4.78 is 30.1. The zero-order valence-electron chi connectivity index (χ0n) is 17.0. The Balaban J connectivity index is 1.61. The van der Waals surface area contributed by atoms with Crippen LogP contribution in [-0.2, 0) is 4.79 Å². The number of carbonyl (C=O) groups is 1. The number of ether oxygens (including phenoxy) is 2. The van der Waals surface area contributed by atoms with Crippen molar-refractivity contribution in [1.82, 2.24) is 0 Å². The molecular weight excluding hydrogens is 413 g/mol. The summed E-state index contributed by atoms with van der Waals surface area (Å²) in [6.45, 7) is 0. The second kappa shape index (κ2) is 7.85. The molecule has 3 aromatic carbocycles. The summed E-state index contributed by atoms with van der Waals surface area (Å²) in [6.07, 6.45) is -1.03. The van der Waals surface area contributed by atoms with Crippen LogP contribution in [0.15, 0.2) is 82.0 Å². The predicted molar refractivity (Wildman–Crippen MR) is 117 cm³/mol. The standard InChI is InChI=1S/C25H18FNO5/c1-30-17-12-6-14(7-13-17)20-21-22(18-4-2-3-5-19(18)31-25(21)29)32-23(20)24(28)27-16-10-8-15(26)9-11-16/h2-13,20,23H,1H3,(H,27,28). The van der Waals surface area contributed by atoms with E-state index in [-0.39, 0.29) is 5.56 Å². The third-order valence-corrected chi connectivity index (χ3v) is 5.50.